The first-order valence-corrected chi connectivity index (χ1v) is 6.58. The lowest BCUT2D eigenvalue weighted by Gasteiger charge is -2.43. The number of hydrogen-bond acceptors (Lipinski definition) is 6. The second-order valence-corrected chi connectivity index (χ2v) is 5.00. The number of rotatable bonds is 7. The second-order valence-electron chi connectivity index (χ2n) is 5.00. The van der Waals surface area contributed by atoms with Gasteiger partial charge in [-0.2, -0.15) is 0 Å². The minimum Gasteiger partial charge on any atom is -0.481 e. The molecule has 0 aromatic heterocycles. The topological polar surface area (TPSA) is 121 Å². The van der Waals surface area contributed by atoms with Gasteiger partial charge in [0.1, 0.15) is 12.2 Å². The number of likely N-dealkylation sites (tertiary alicyclic amines) is 1. The summed E-state index contributed by atoms with van der Waals surface area (Å²) in [4.78, 5) is 12.1. The van der Waals surface area contributed by atoms with Crippen molar-refractivity contribution in [3.8, 4) is 0 Å². The molecular weight excluding hydrogens is 254 g/mol. The van der Waals surface area contributed by atoms with Crippen molar-refractivity contribution in [2.75, 3.05) is 19.7 Å². The zero-order valence-electron chi connectivity index (χ0n) is 10.9. The Morgan fingerprint density at radius 2 is 1.79 bits per heavy atom. The summed E-state index contributed by atoms with van der Waals surface area (Å²) in [6.45, 7) is 0.453. The summed E-state index contributed by atoms with van der Waals surface area (Å²) in [5.41, 5.74) is 0. The van der Waals surface area contributed by atoms with E-state index in [9.17, 15) is 25.2 Å². The lowest BCUT2D eigenvalue weighted by Crippen LogP contribution is -2.62. The van der Waals surface area contributed by atoms with Gasteiger partial charge >= 0.3 is 5.97 Å². The largest absolute Gasteiger partial charge is 0.481 e. The van der Waals surface area contributed by atoms with Crippen LogP contribution in [0.25, 0.3) is 0 Å². The molecular formula is C12H23NO6. The predicted octanol–water partition coefficient (Wildman–Crippen LogP) is -1.61. The molecule has 0 amide bonds. The Bertz CT molecular complexity index is 287. The van der Waals surface area contributed by atoms with Gasteiger partial charge in [-0.1, -0.05) is 6.42 Å². The van der Waals surface area contributed by atoms with E-state index in [1.54, 1.807) is 4.90 Å². The third kappa shape index (κ3) is 4.70. The van der Waals surface area contributed by atoms with E-state index in [0.717, 1.165) is 12.8 Å². The summed E-state index contributed by atoms with van der Waals surface area (Å²) in [6.07, 6.45) is -1.27. The van der Waals surface area contributed by atoms with E-state index >= 15 is 0 Å². The van der Waals surface area contributed by atoms with Gasteiger partial charge in [0, 0.05) is 13.0 Å². The van der Waals surface area contributed by atoms with Crippen molar-refractivity contribution in [2.24, 2.45) is 0 Å². The van der Waals surface area contributed by atoms with Gasteiger partial charge in [-0.25, -0.2) is 0 Å². The number of aliphatic carboxylic acids is 1. The standard InChI is InChI=1S/C12H23NO6/c14-7-8-11(18)12(19)9(15)6-13(8)5-3-1-2-4-10(16)17/h8-9,11-12,14-15,18-19H,1-7H2,(H,16,17)/t8?,9-,11-,12-/m1/s1. The van der Waals surface area contributed by atoms with Gasteiger partial charge in [0.15, 0.2) is 0 Å². The molecule has 0 aliphatic carbocycles. The highest BCUT2D eigenvalue weighted by molar-refractivity contribution is 5.66. The highest BCUT2D eigenvalue weighted by Crippen LogP contribution is 2.19. The number of hydrogen-bond donors (Lipinski definition) is 5. The highest BCUT2D eigenvalue weighted by atomic mass is 16.4. The molecule has 7 nitrogen and oxygen atoms in total. The Labute approximate surface area is 112 Å². The number of piperidine rings is 1. The van der Waals surface area contributed by atoms with Crippen LogP contribution in [0.15, 0.2) is 0 Å². The van der Waals surface area contributed by atoms with Crippen molar-refractivity contribution in [2.45, 2.75) is 50.0 Å². The number of carbonyl (C=O) groups is 1. The van der Waals surface area contributed by atoms with Crippen LogP contribution in [0.2, 0.25) is 0 Å². The number of nitrogens with zero attached hydrogens (tertiary/aromatic N) is 1. The van der Waals surface area contributed by atoms with Crippen LogP contribution in [-0.4, -0.2) is 80.5 Å². The quantitative estimate of drug-likeness (QED) is 0.355. The Hall–Kier alpha value is -0.730. The van der Waals surface area contributed by atoms with Crippen molar-refractivity contribution >= 4 is 5.97 Å². The molecule has 112 valence electrons. The smallest absolute Gasteiger partial charge is 0.303 e. The average Bonchev–Trinajstić information content (AvgIpc) is 2.35. The minimum atomic E-state index is -1.24. The molecule has 0 spiro atoms. The maximum Gasteiger partial charge on any atom is 0.303 e. The number of aliphatic hydroxyl groups excluding tert-OH is 4. The van der Waals surface area contributed by atoms with Crippen molar-refractivity contribution < 1.29 is 30.3 Å². The summed E-state index contributed by atoms with van der Waals surface area (Å²) in [6, 6.07) is -0.585. The van der Waals surface area contributed by atoms with E-state index in [-0.39, 0.29) is 19.6 Å². The molecule has 4 atom stereocenters. The number of unbranched alkanes of at least 4 members (excludes halogenated alkanes) is 2. The fraction of sp³-hybridized carbons (Fsp3) is 0.917. The van der Waals surface area contributed by atoms with Crippen molar-refractivity contribution in [1.82, 2.24) is 4.90 Å². The van der Waals surface area contributed by atoms with E-state index in [1.165, 1.54) is 0 Å². The lowest BCUT2D eigenvalue weighted by atomic mass is 9.94. The molecule has 0 bridgehead atoms. The van der Waals surface area contributed by atoms with Gasteiger partial charge in [0.25, 0.3) is 0 Å². The van der Waals surface area contributed by atoms with E-state index in [1.807, 2.05) is 0 Å². The molecule has 1 aliphatic rings. The van der Waals surface area contributed by atoms with Crippen LogP contribution in [0, 0.1) is 0 Å². The predicted molar refractivity (Wildman–Crippen MR) is 66.6 cm³/mol. The summed E-state index contributed by atoms with van der Waals surface area (Å²) >= 11 is 0. The zero-order valence-corrected chi connectivity index (χ0v) is 10.9. The highest BCUT2D eigenvalue weighted by Gasteiger charge is 2.40. The van der Waals surface area contributed by atoms with E-state index in [0.29, 0.717) is 13.0 Å². The van der Waals surface area contributed by atoms with Crippen LogP contribution in [-0.2, 0) is 4.79 Å². The number of aliphatic hydroxyl groups is 4. The first-order chi connectivity index (χ1) is 8.97. The van der Waals surface area contributed by atoms with Gasteiger partial charge in [-0.3, -0.25) is 9.69 Å². The van der Waals surface area contributed by atoms with Gasteiger partial charge < -0.3 is 25.5 Å². The molecule has 7 heteroatoms. The Kier molecular flexibility index (Phi) is 6.67. The lowest BCUT2D eigenvalue weighted by molar-refractivity contribution is -0.145. The Morgan fingerprint density at radius 3 is 2.37 bits per heavy atom. The normalized spacial score (nSPS) is 32.4. The number of carboxylic acid groups (broad SMARTS) is 1. The van der Waals surface area contributed by atoms with Crippen molar-refractivity contribution in [3.05, 3.63) is 0 Å². The minimum absolute atomic E-state index is 0.132. The molecule has 1 rings (SSSR count). The van der Waals surface area contributed by atoms with Crippen LogP contribution < -0.4 is 0 Å². The van der Waals surface area contributed by atoms with Gasteiger partial charge in [-0.05, 0) is 19.4 Å². The van der Waals surface area contributed by atoms with Gasteiger partial charge in [0.2, 0.25) is 0 Å². The molecule has 5 N–H and O–H groups in total. The molecule has 1 fully saturated rings. The van der Waals surface area contributed by atoms with E-state index in [2.05, 4.69) is 0 Å². The summed E-state index contributed by atoms with van der Waals surface area (Å²) in [5, 5.41) is 46.6. The van der Waals surface area contributed by atoms with E-state index < -0.39 is 30.3 Å². The molecule has 1 unspecified atom stereocenters. The maximum absolute atomic E-state index is 10.3. The molecule has 0 aromatic rings. The molecule has 1 aliphatic heterocycles. The van der Waals surface area contributed by atoms with Gasteiger partial charge in [-0.15, -0.1) is 0 Å². The fourth-order valence-electron chi connectivity index (χ4n) is 2.40. The van der Waals surface area contributed by atoms with Crippen LogP contribution in [0.4, 0.5) is 0 Å². The van der Waals surface area contributed by atoms with Crippen LogP contribution in [0.3, 0.4) is 0 Å². The van der Waals surface area contributed by atoms with Crippen molar-refractivity contribution in [3.63, 3.8) is 0 Å². The molecule has 0 aromatic carbocycles. The fourth-order valence-corrected chi connectivity index (χ4v) is 2.40. The third-order valence-electron chi connectivity index (χ3n) is 3.55. The van der Waals surface area contributed by atoms with Gasteiger partial charge in [0.05, 0.1) is 18.8 Å². The summed E-state index contributed by atoms with van der Waals surface area (Å²) < 4.78 is 0. The van der Waals surface area contributed by atoms with Crippen LogP contribution in [0.1, 0.15) is 25.7 Å². The molecule has 19 heavy (non-hydrogen) atoms. The average molecular weight is 277 g/mol. The van der Waals surface area contributed by atoms with Crippen LogP contribution >= 0.6 is 0 Å². The number of carboxylic acids is 1. The van der Waals surface area contributed by atoms with Crippen LogP contribution in [0.5, 0.6) is 0 Å². The first-order valence-electron chi connectivity index (χ1n) is 6.58. The molecule has 0 radical (unpaired) electrons. The second kappa shape index (κ2) is 7.76. The Morgan fingerprint density at radius 1 is 1.11 bits per heavy atom. The molecule has 0 saturated carbocycles. The zero-order chi connectivity index (χ0) is 14.4. The Balaban J connectivity index is 2.36. The number of β-amino-alcohol motifs (C(OH)–C–C–N with tert-alkyl or cyclic N) is 1. The molecule has 1 saturated heterocycles. The SMILES string of the molecule is O=C(O)CCCCCN1C[C@@H](O)[C@@H](O)[C@H](O)C1CO. The van der Waals surface area contributed by atoms with E-state index in [4.69, 9.17) is 5.11 Å². The molecule has 1 heterocycles. The first kappa shape index (κ1) is 16.3. The summed E-state index contributed by atoms with van der Waals surface area (Å²) in [7, 11) is 0. The third-order valence-corrected chi connectivity index (χ3v) is 3.55. The summed E-state index contributed by atoms with van der Waals surface area (Å²) in [5.74, 6) is -0.819. The van der Waals surface area contributed by atoms with Crippen molar-refractivity contribution in [1.29, 1.82) is 0 Å². The monoisotopic (exact) mass is 277 g/mol. The maximum atomic E-state index is 10.3.